The number of carbonyl (C=O) groups excluding carboxylic acids is 2. The first kappa shape index (κ1) is 17.8. The molecule has 0 unspecified atom stereocenters. The van der Waals surface area contributed by atoms with Crippen LogP contribution in [0.5, 0.6) is 0 Å². The van der Waals surface area contributed by atoms with E-state index in [1.165, 1.54) is 31.9 Å². The molecule has 5 rings (SSSR count). The van der Waals surface area contributed by atoms with Gasteiger partial charge in [0.2, 0.25) is 0 Å². The lowest BCUT2D eigenvalue weighted by atomic mass is 9.55. The monoisotopic (exact) mass is 389 g/mol. The van der Waals surface area contributed by atoms with Crippen LogP contribution in [0, 0.1) is 28.9 Å². The molecule has 0 saturated heterocycles. The average Bonchev–Trinajstić information content (AvgIpc) is 2.66. The molecule has 0 radical (unpaired) electrons. The minimum atomic E-state index is -1.36. The largest absolute Gasteiger partial charge is 0.619 e. The molecule has 1 aromatic rings. The Morgan fingerprint density at radius 1 is 1.25 bits per heavy atom. The van der Waals surface area contributed by atoms with Crippen molar-refractivity contribution in [1.82, 2.24) is 5.32 Å². The summed E-state index contributed by atoms with van der Waals surface area (Å²) in [5.41, 5.74) is -0.788. The van der Waals surface area contributed by atoms with E-state index < -0.39 is 17.6 Å². The number of ether oxygens (including phenoxy) is 2. The number of esters is 1. The van der Waals surface area contributed by atoms with Crippen LogP contribution in [0.25, 0.3) is 0 Å². The maximum Gasteiger partial charge on any atom is 0.408 e. The summed E-state index contributed by atoms with van der Waals surface area (Å²) in [6, 6.07) is 2.90. The number of pyridine rings is 1. The van der Waals surface area contributed by atoms with Crippen molar-refractivity contribution in [2.75, 3.05) is 7.11 Å². The molecular weight excluding hydrogens is 360 g/mol. The van der Waals surface area contributed by atoms with Gasteiger partial charge in [0.1, 0.15) is 13.0 Å². The molecular formula is C21H28N2O5. The van der Waals surface area contributed by atoms with Crippen molar-refractivity contribution in [2.24, 2.45) is 23.7 Å². The van der Waals surface area contributed by atoms with Crippen molar-refractivity contribution in [3.63, 3.8) is 0 Å². The Balaban J connectivity index is 1.45. The minimum absolute atomic E-state index is 0.0827. The smallest absolute Gasteiger partial charge is 0.408 e. The second kappa shape index (κ2) is 7.26. The van der Waals surface area contributed by atoms with E-state index in [-0.39, 0.29) is 18.7 Å². The summed E-state index contributed by atoms with van der Waals surface area (Å²) in [5.74, 6) is 1.80. The molecule has 1 heterocycles. The highest BCUT2D eigenvalue weighted by molar-refractivity contribution is 5.85. The zero-order valence-corrected chi connectivity index (χ0v) is 16.3. The molecule has 4 aliphatic carbocycles. The van der Waals surface area contributed by atoms with E-state index in [9.17, 15) is 14.8 Å². The van der Waals surface area contributed by atoms with Gasteiger partial charge < -0.3 is 20.0 Å². The zero-order chi connectivity index (χ0) is 20.8. The predicted octanol–water partition coefficient (Wildman–Crippen LogP) is 2.35. The lowest BCUT2D eigenvalue weighted by molar-refractivity contribution is -0.605. The van der Waals surface area contributed by atoms with Gasteiger partial charge in [-0.25, -0.2) is 9.59 Å². The fourth-order valence-electron chi connectivity index (χ4n) is 5.76. The fourth-order valence-corrected chi connectivity index (χ4v) is 5.76. The third-order valence-electron chi connectivity index (χ3n) is 6.76. The highest BCUT2D eigenvalue weighted by Crippen LogP contribution is 2.54. The van der Waals surface area contributed by atoms with Crippen LogP contribution in [0.15, 0.2) is 24.5 Å². The van der Waals surface area contributed by atoms with Crippen LogP contribution in [0.2, 0.25) is 0 Å². The summed E-state index contributed by atoms with van der Waals surface area (Å²) >= 11 is 0. The quantitative estimate of drug-likeness (QED) is 0.474. The van der Waals surface area contributed by atoms with Crippen LogP contribution in [0.4, 0.5) is 4.79 Å². The minimum Gasteiger partial charge on any atom is -0.619 e. The molecule has 4 aliphatic rings. The molecule has 1 atom stereocenters. The highest BCUT2D eigenvalue weighted by atomic mass is 16.6. The van der Waals surface area contributed by atoms with Crippen molar-refractivity contribution in [2.45, 2.75) is 57.1 Å². The molecule has 4 saturated carbocycles. The SMILES string of the molecule is [2H]c1cc(C[C@](C)(NC(=O)OC2C3CC4CC(C3)CC2C4)C(=O)OC)cc[n+]1[O-]. The summed E-state index contributed by atoms with van der Waals surface area (Å²) in [5, 5.41) is 14.1. The lowest BCUT2D eigenvalue weighted by Gasteiger charge is -2.53. The van der Waals surface area contributed by atoms with E-state index in [0.717, 1.165) is 37.5 Å². The maximum absolute atomic E-state index is 12.8. The van der Waals surface area contributed by atoms with Gasteiger partial charge >= 0.3 is 12.1 Å². The van der Waals surface area contributed by atoms with Crippen LogP contribution in [0.1, 0.15) is 46.0 Å². The number of aromatic nitrogens is 1. The van der Waals surface area contributed by atoms with E-state index >= 15 is 0 Å². The summed E-state index contributed by atoms with van der Waals surface area (Å²) < 4.78 is 18.8. The topological polar surface area (TPSA) is 91.6 Å². The summed E-state index contributed by atoms with van der Waals surface area (Å²) in [6.07, 6.45) is 6.21. The number of nitrogens with one attached hydrogen (secondary N) is 1. The Morgan fingerprint density at radius 2 is 1.89 bits per heavy atom. The van der Waals surface area contributed by atoms with Gasteiger partial charge in [0.25, 0.3) is 0 Å². The van der Waals surface area contributed by atoms with E-state index in [1.54, 1.807) is 6.92 Å². The maximum atomic E-state index is 12.8. The van der Waals surface area contributed by atoms with Gasteiger partial charge in [0.05, 0.1) is 7.11 Å². The molecule has 0 aromatic carbocycles. The standard InChI is InChI=1S/C21H28N2O5/c1-21(19(24)27-2,12-13-3-5-23(26)6-4-13)22-20(25)28-18-16-8-14-7-15(10-16)11-17(18)9-14/h3-6,14-18H,7-12H2,1-2H3,(H,22,25)/t14?,15?,16?,17?,18?,21-/m0/s1/i5D. The van der Waals surface area contributed by atoms with Gasteiger partial charge in [-0.15, -0.1) is 0 Å². The number of methoxy groups -OCH3 is 1. The number of rotatable bonds is 5. The molecule has 1 N–H and O–H groups in total. The number of carbonyl (C=O) groups is 2. The first-order valence-electron chi connectivity index (χ1n) is 10.5. The summed E-state index contributed by atoms with van der Waals surface area (Å²) in [7, 11) is 1.26. The van der Waals surface area contributed by atoms with Gasteiger partial charge in [-0.3, -0.25) is 0 Å². The van der Waals surface area contributed by atoms with E-state index in [1.807, 2.05) is 0 Å². The Hall–Kier alpha value is -2.31. The lowest BCUT2D eigenvalue weighted by Crippen LogP contribution is -2.57. The number of hydrogen-bond donors (Lipinski definition) is 1. The second-order valence-electron chi connectivity index (χ2n) is 8.92. The molecule has 4 fully saturated rings. The van der Waals surface area contributed by atoms with Crippen molar-refractivity contribution in [3.8, 4) is 0 Å². The highest BCUT2D eigenvalue weighted by Gasteiger charge is 2.50. The zero-order valence-electron chi connectivity index (χ0n) is 17.3. The Morgan fingerprint density at radius 3 is 2.46 bits per heavy atom. The average molecular weight is 389 g/mol. The van der Waals surface area contributed by atoms with E-state index in [2.05, 4.69) is 5.32 Å². The van der Waals surface area contributed by atoms with Crippen molar-refractivity contribution in [3.05, 3.63) is 35.3 Å². The van der Waals surface area contributed by atoms with Gasteiger partial charge in [0, 0.05) is 18.6 Å². The number of amides is 1. The normalized spacial score (nSPS) is 32.9. The third-order valence-corrected chi connectivity index (χ3v) is 6.76. The van der Waals surface area contributed by atoms with E-state index in [4.69, 9.17) is 10.8 Å². The Labute approximate surface area is 166 Å². The van der Waals surface area contributed by atoms with Gasteiger partial charge in [-0.2, -0.15) is 4.73 Å². The van der Waals surface area contributed by atoms with Crippen LogP contribution in [0.3, 0.4) is 0 Å². The molecule has 0 spiro atoms. The number of nitrogens with zero attached hydrogens (tertiary/aromatic N) is 1. The molecule has 28 heavy (non-hydrogen) atoms. The number of hydrogen-bond acceptors (Lipinski definition) is 5. The van der Waals surface area contributed by atoms with Crippen LogP contribution < -0.4 is 10.0 Å². The Kier molecular flexibility index (Phi) is 4.61. The van der Waals surface area contributed by atoms with Crippen molar-refractivity contribution >= 4 is 12.1 Å². The first-order valence-corrected chi connectivity index (χ1v) is 10.0. The molecule has 4 bridgehead atoms. The van der Waals surface area contributed by atoms with Crippen LogP contribution >= 0.6 is 0 Å². The number of alkyl carbamates (subject to hydrolysis) is 1. The summed E-state index contributed by atoms with van der Waals surface area (Å²) in [6.45, 7) is 1.57. The van der Waals surface area contributed by atoms with Crippen molar-refractivity contribution < 1.29 is 25.2 Å². The molecule has 0 aliphatic heterocycles. The molecule has 152 valence electrons. The predicted molar refractivity (Wildman–Crippen MR) is 100.0 cm³/mol. The third kappa shape index (κ3) is 3.66. The molecule has 7 nitrogen and oxygen atoms in total. The van der Waals surface area contributed by atoms with Crippen LogP contribution in [-0.4, -0.2) is 30.8 Å². The van der Waals surface area contributed by atoms with Crippen LogP contribution in [-0.2, 0) is 20.7 Å². The molecule has 1 aromatic heterocycles. The van der Waals surface area contributed by atoms with Gasteiger partial charge in [-0.1, -0.05) is 0 Å². The fraction of sp³-hybridized carbons (Fsp3) is 0.667. The molecule has 1 amide bonds. The summed E-state index contributed by atoms with van der Waals surface area (Å²) in [4.78, 5) is 25.2. The van der Waals surface area contributed by atoms with E-state index in [0.29, 0.717) is 22.1 Å². The van der Waals surface area contributed by atoms with Gasteiger partial charge in [0.15, 0.2) is 12.4 Å². The Bertz CT molecular complexity index is 788. The second-order valence-corrected chi connectivity index (χ2v) is 8.92. The van der Waals surface area contributed by atoms with Gasteiger partial charge in [-0.05, 0) is 68.3 Å². The first-order chi connectivity index (χ1) is 13.8. The molecule has 7 heteroatoms. The van der Waals surface area contributed by atoms with Crippen molar-refractivity contribution in [1.29, 1.82) is 0 Å².